The van der Waals surface area contributed by atoms with Crippen LogP contribution in [0.25, 0.3) is 11.0 Å². The lowest BCUT2D eigenvalue weighted by atomic mass is 9.79. The van der Waals surface area contributed by atoms with Crippen LogP contribution in [0.4, 0.5) is 26.3 Å². The van der Waals surface area contributed by atoms with Crippen LogP contribution in [0.1, 0.15) is 169 Å². The SMILES string of the molecule is CCC(=O)CC(C)(O)C1CCCC1.CCC(=O)CC(C)(O)c1ccccc1.Cc1nn2ccc(C(F)(F)F)cc2c1C1CCC1.Cc1nn2ccc(C(F)(F)F)cc2c1C1CCC1.N#CC1=CCNC=C1. The zero-order valence-electron chi connectivity index (χ0n) is 41.6. The second kappa shape index (κ2) is 24.6. The fraction of sp³-hybridized carbons (Fsp3) is 0.509. The van der Waals surface area contributed by atoms with E-state index in [1.165, 1.54) is 37.4 Å². The highest BCUT2D eigenvalue weighted by atomic mass is 19.4. The van der Waals surface area contributed by atoms with E-state index >= 15 is 0 Å². The van der Waals surface area contributed by atoms with Crippen molar-refractivity contribution in [2.24, 2.45) is 5.92 Å². The van der Waals surface area contributed by atoms with Gasteiger partial charge in [0, 0.05) is 55.7 Å². The predicted octanol–water partition coefficient (Wildman–Crippen LogP) is 13.0. The average molecular weight is 991 g/mol. The third-order valence-electron chi connectivity index (χ3n) is 13.9. The number of fused-ring (bicyclic) bond motifs is 2. The molecule has 3 N–H and O–H groups in total. The topological polar surface area (TPSA) is 145 Å². The normalized spacial score (nSPS) is 17.6. The Morgan fingerprint density at radius 1 is 0.704 bits per heavy atom. The summed E-state index contributed by atoms with van der Waals surface area (Å²) in [5, 5.41) is 40.0. The maximum absolute atomic E-state index is 12.7. The summed E-state index contributed by atoms with van der Waals surface area (Å²) >= 11 is 0. The van der Waals surface area contributed by atoms with Gasteiger partial charge in [-0.3, -0.25) is 9.59 Å². The van der Waals surface area contributed by atoms with E-state index < -0.39 is 34.7 Å². The number of nitrogens with one attached hydrogen (secondary N) is 1. The summed E-state index contributed by atoms with van der Waals surface area (Å²) in [5.41, 5.74) is 3.44. The lowest BCUT2D eigenvalue weighted by Crippen LogP contribution is -2.35. The number of benzene rings is 1. The molecule has 384 valence electrons. The fourth-order valence-corrected chi connectivity index (χ4v) is 9.28. The van der Waals surface area contributed by atoms with Crippen LogP contribution in [-0.2, 0) is 27.5 Å². The molecule has 0 spiro atoms. The number of carbonyl (C=O) groups excluding carboxylic acids is 2. The molecule has 3 aliphatic carbocycles. The van der Waals surface area contributed by atoms with Gasteiger partial charge in [-0.15, -0.1) is 0 Å². The summed E-state index contributed by atoms with van der Waals surface area (Å²) in [5.74, 6) is 1.37. The minimum Gasteiger partial charge on any atom is -0.389 e. The van der Waals surface area contributed by atoms with E-state index in [4.69, 9.17) is 5.26 Å². The molecule has 1 aliphatic heterocycles. The van der Waals surface area contributed by atoms with Crippen molar-refractivity contribution in [2.75, 3.05) is 6.54 Å². The van der Waals surface area contributed by atoms with Crippen LogP contribution in [0, 0.1) is 31.1 Å². The summed E-state index contributed by atoms with van der Waals surface area (Å²) < 4.78 is 79.4. The van der Waals surface area contributed by atoms with Crippen molar-refractivity contribution in [1.29, 1.82) is 5.26 Å². The molecule has 3 fully saturated rings. The molecule has 3 saturated carbocycles. The molecule has 2 unspecified atom stereocenters. The molecule has 0 radical (unpaired) electrons. The van der Waals surface area contributed by atoms with Gasteiger partial charge in [0.2, 0.25) is 0 Å². The molecular weight excluding hydrogens is 923 g/mol. The Bertz CT molecular complexity index is 2550. The zero-order chi connectivity index (χ0) is 52.1. The van der Waals surface area contributed by atoms with Crippen molar-refractivity contribution in [1.82, 2.24) is 24.5 Å². The van der Waals surface area contributed by atoms with E-state index in [2.05, 4.69) is 15.5 Å². The number of Topliss-reactive ketones (excluding diaryl/α,β-unsaturated/α-hetero) is 2. The highest BCUT2D eigenvalue weighted by Gasteiger charge is 2.36. The van der Waals surface area contributed by atoms with Crippen LogP contribution in [0.15, 0.2) is 90.9 Å². The summed E-state index contributed by atoms with van der Waals surface area (Å²) in [6.45, 7) is 11.7. The van der Waals surface area contributed by atoms with Gasteiger partial charge in [-0.2, -0.15) is 41.8 Å². The van der Waals surface area contributed by atoms with Crippen LogP contribution in [0.2, 0.25) is 0 Å². The average Bonchev–Trinajstić information content (AvgIpc) is 4.04. The Balaban J connectivity index is 0.000000169. The molecule has 5 heterocycles. The maximum Gasteiger partial charge on any atom is 0.416 e. The predicted molar refractivity (Wildman–Crippen MR) is 262 cm³/mol. The number of ketones is 2. The molecule has 5 aromatic rings. The fourth-order valence-electron chi connectivity index (χ4n) is 9.28. The zero-order valence-corrected chi connectivity index (χ0v) is 41.6. The minimum atomic E-state index is -4.29. The highest BCUT2D eigenvalue weighted by Crippen LogP contribution is 2.43. The van der Waals surface area contributed by atoms with Gasteiger partial charge in [0.25, 0.3) is 0 Å². The molecule has 0 saturated heterocycles. The lowest BCUT2D eigenvalue weighted by Gasteiger charge is -2.29. The van der Waals surface area contributed by atoms with E-state index in [1.807, 2.05) is 77.1 Å². The molecule has 10 nitrogen and oxygen atoms in total. The van der Waals surface area contributed by atoms with Crippen LogP contribution in [0.3, 0.4) is 0 Å². The number of pyridine rings is 2. The van der Waals surface area contributed by atoms with Crippen molar-refractivity contribution >= 4 is 22.6 Å². The molecular formula is C55H68F6N6O4. The molecule has 0 bridgehead atoms. The van der Waals surface area contributed by atoms with Gasteiger partial charge in [0.1, 0.15) is 11.6 Å². The third-order valence-corrected chi connectivity index (χ3v) is 13.9. The van der Waals surface area contributed by atoms with E-state index in [9.17, 15) is 46.1 Å². The van der Waals surface area contributed by atoms with E-state index in [0.29, 0.717) is 48.0 Å². The Hall–Kier alpha value is -5.79. The Kier molecular flexibility index (Phi) is 19.4. The summed E-state index contributed by atoms with van der Waals surface area (Å²) in [4.78, 5) is 22.5. The van der Waals surface area contributed by atoms with Crippen LogP contribution >= 0.6 is 0 Å². The standard InChI is InChI=1S/2C13H13F3N2.C12H16O2.C11H20O2.C6H6N2/c2*1-8-12(9-3-2-4-9)11-7-10(13(14,15)16)5-6-18(11)17-8;1-3-11(13)9-12(2,14)10-7-5-4-6-8-10;1-3-10(12)8-11(2,13)9-6-4-5-7-9;7-5-6-1-3-8-4-2-6/h2*5-7,9H,2-4H2,1H3;4-8,14H,3,9H2,1-2H3;9,13H,3-8H2,1-2H3;1-3,8H,4H2. The molecule has 4 aromatic heterocycles. The number of halogens is 6. The quantitative estimate of drug-likeness (QED) is 0.117. The molecule has 0 amide bonds. The number of rotatable bonds is 10. The number of nitrogens with zero attached hydrogens (tertiary/aromatic N) is 5. The van der Waals surface area contributed by atoms with Crippen LogP contribution < -0.4 is 5.32 Å². The van der Waals surface area contributed by atoms with Crippen molar-refractivity contribution < 1.29 is 46.1 Å². The molecule has 71 heavy (non-hydrogen) atoms. The van der Waals surface area contributed by atoms with Gasteiger partial charge in [0.15, 0.2) is 0 Å². The number of nitriles is 1. The Morgan fingerprint density at radius 3 is 1.54 bits per heavy atom. The summed E-state index contributed by atoms with van der Waals surface area (Å²) in [7, 11) is 0. The van der Waals surface area contributed by atoms with Crippen molar-refractivity contribution in [3.05, 3.63) is 130 Å². The number of hydrogen-bond acceptors (Lipinski definition) is 8. The summed E-state index contributed by atoms with van der Waals surface area (Å²) in [6.07, 6.45) is 12.2. The number of alkyl halides is 6. The largest absolute Gasteiger partial charge is 0.416 e. The first kappa shape index (κ1) is 56.1. The molecule has 4 aliphatic rings. The summed E-state index contributed by atoms with van der Waals surface area (Å²) in [6, 6.07) is 15.9. The molecule has 1 aromatic carbocycles. The molecule has 9 rings (SSSR count). The first-order valence-corrected chi connectivity index (χ1v) is 24.6. The van der Waals surface area contributed by atoms with Crippen molar-refractivity contribution in [3.8, 4) is 6.07 Å². The number of carbonyl (C=O) groups is 2. The van der Waals surface area contributed by atoms with E-state index in [1.54, 1.807) is 28.2 Å². The number of dihydropyridines is 1. The second-order valence-corrected chi connectivity index (χ2v) is 19.4. The van der Waals surface area contributed by atoms with E-state index in [-0.39, 0.29) is 18.0 Å². The number of hydrogen-bond donors (Lipinski definition) is 3. The smallest absolute Gasteiger partial charge is 0.389 e. The molecule has 16 heteroatoms. The third kappa shape index (κ3) is 15.4. The van der Waals surface area contributed by atoms with Gasteiger partial charge in [-0.05, 0) is 132 Å². The lowest BCUT2D eigenvalue weighted by molar-refractivity contribution is -0.138. The Morgan fingerprint density at radius 2 is 1.17 bits per heavy atom. The number of aliphatic hydroxyl groups is 2. The number of aryl methyl sites for hydroxylation is 2. The monoisotopic (exact) mass is 991 g/mol. The van der Waals surface area contributed by atoms with Crippen LogP contribution in [-0.4, -0.2) is 53.2 Å². The van der Waals surface area contributed by atoms with Crippen molar-refractivity contribution in [2.45, 2.75) is 167 Å². The maximum atomic E-state index is 12.7. The van der Waals surface area contributed by atoms with Gasteiger partial charge in [-0.1, -0.05) is 69.9 Å². The van der Waals surface area contributed by atoms with Crippen LogP contribution in [0.5, 0.6) is 0 Å². The highest BCUT2D eigenvalue weighted by molar-refractivity contribution is 5.79. The van der Waals surface area contributed by atoms with Gasteiger partial charge < -0.3 is 15.5 Å². The Labute approximate surface area is 412 Å². The van der Waals surface area contributed by atoms with Gasteiger partial charge >= 0.3 is 12.4 Å². The van der Waals surface area contributed by atoms with Gasteiger partial charge in [-0.25, -0.2) is 9.03 Å². The van der Waals surface area contributed by atoms with E-state index in [0.717, 1.165) is 104 Å². The van der Waals surface area contributed by atoms with Gasteiger partial charge in [0.05, 0.1) is 56.4 Å². The number of allylic oxidation sites excluding steroid dienone is 2. The minimum absolute atomic E-state index is 0.0823. The second-order valence-electron chi connectivity index (χ2n) is 19.4. The molecule has 2 atom stereocenters. The first-order valence-electron chi connectivity index (χ1n) is 24.6. The first-order chi connectivity index (χ1) is 33.5. The number of aromatic nitrogens is 4. The van der Waals surface area contributed by atoms with Crippen molar-refractivity contribution in [3.63, 3.8) is 0 Å².